The van der Waals surface area contributed by atoms with Crippen molar-refractivity contribution in [2.75, 3.05) is 11.9 Å². The minimum absolute atomic E-state index is 0.000302. The Morgan fingerprint density at radius 2 is 1.96 bits per heavy atom. The third-order valence-electron chi connectivity index (χ3n) is 5.35. The highest BCUT2D eigenvalue weighted by molar-refractivity contribution is 5.92. The van der Waals surface area contributed by atoms with E-state index in [1.807, 2.05) is 38.1 Å². The number of benzene rings is 1. The van der Waals surface area contributed by atoms with Crippen molar-refractivity contribution in [3.8, 4) is 5.75 Å². The number of aromatic nitrogens is 3. The maximum Gasteiger partial charge on any atom is 0.338 e. The third-order valence-corrected chi connectivity index (χ3v) is 5.35. The largest absolute Gasteiger partial charge is 0.494 e. The van der Waals surface area contributed by atoms with E-state index < -0.39 is 0 Å². The molecule has 7 heteroatoms. The van der Waals surface area contributed by atoms with E-state index >= 15 is 0 Å². The summed E-state index contributed by atoms with van der Waals surface area (Å²) in [5.41, 5.74) is 2.26. The van der Waals surface area contributed by atoms with Crippen LogP contribution in [0.5, 0.6) is 5.75 Å². The van der Waals surface area contributed by atoms with E-state index in [9.17, 15) is 4.79 Å². The fourth-order valence-corrected chi connectivity index (χ4v) is 3.97. The normalized spacial score (nSPS) is 19.7. The molecule has 0 spiro atoms. The van der Waals surface area contributed by atoms with Gasteiger partial charge in [0.15, 0.2) is 0 Å². The summed E-state index contributed by atoms with van der Waals surface area (Å²) in [5.74, 6) is 1.13. The molecule has 1 aromatic heterocycles. The molecule has 2 aliphatic rings. The molecule has 1 fully saturated rings. The summed E-state index contributed by atoms with van der Waals surface area (Å²) in [4.78, 5) is 17.4. The number of fused-ring (bicyclic) bond motifs is 1. The lowest BCUT2D eigenvalue weighted by Gasteiger charge is -2.30. The highest BCUT2D eigenvalue weighted by Crippen LogP contribution is 2.36. The third kappa shape index (κ3) is 3.61. The number of allylic oxidation sites excluding steroid dienone is 1. The minimum Gasteiger partial charge on any atom is -0.494 e. The zero-order chi connectivity index (χ0) is 19.5. The Kier molecular flexibility index (Phi) is 5.32. The standard InChI is InChI=1S/C21H26N4O3/c1-3-27-16-11-9-15(10-12-16)19-18(14(2)24-21-22-13-23-25(19)21)20(26)28-17-7-5-4-6-8-17/h9-13,17,19H,3-8H2,1-2H3,(H,22,23,24)/t19-/m0/s1. The summed E-state index contributed by atoms with van der Waals surface area (Å²) in [5, 5.41) is 7.54. The first-order valence-corrected chi connectivity index (χ1v) is 9.98. The molecule has 0 saturated heterocycles. The number of hydrogen-bond acceptors (Lipinski definition) is 6. The first-order chi connectivity index (χ1) is 13.7. The Labute approximate surface area is 164 Å². The summed E-state index contributed by atoms with van der Waals surface area (Å²) in [7, 11) is 0. The Morgan fingerprint density at radius 1 is 1.21 bits per heavy atom. The van der Waals surface area contributed by atoms with Gasteiger partial charge in [-0.2, -0.15) is 10.1 Å². The molecule has 1 atom stereocenters. The second kappa shape index (κ2) is 8.04. The second-order valence-electron chi connectivity index (χ2n) is 7.26. The number of carbonyl (C=O) groups is 1. The molecule has 1 saturated carbocycles. The number of esters is 1. The van der Waals surface area contributed by atoms with Gasteiger partial charge in [-0.25, -0.2) is 9.48 Å². The van der Waals surface area contributed by atoms with Gasteiger partial charge in [-0.3, -0.25) is 0 Å². The van der Waals surface area contributed by atoms with Gasteiger partial charge in [0.1, 0.15) is 24.2 Å². The molecule has 2 heterocycles. The molecule has 148 valence electrons. The predicted molar refractivity (Wildman–Crippen MR) is 105 cm³/mol. The smallest absolute Gasteiger partial charge is 0.338 e. The quantitative estimate of drug-likeness (QED) is 0.792. The van der Waals surface area contributed by atoms with Crippen LogP contribution in [0.25, 0.3) is 0 Å². The van der Waals surface area contributed by atoms with Crippen LogP contribution in [-0.2, 0) is 9.53 Å². The van der Waals surface area contributed by atoms with E-state index in [1.165, 1.54) is 12.7 Å². The first-order valence-electron chi connectivity index (χ1n) is 9.98. The van der Waals surface area contributed by atoms with Crippen LogP contribution >= 0.6 is 0 Å². The Morgan fingerprint density at radius 3 is 2.68 bits per heavy atom. The first kappa shape index (κ1) is 18.5. The monoisotopic (exact) mass is 382 g/mol. The second-order valence-corrected chi connectivity index (χ2v) is 7.26. The number of rotatable bonds is 5. The molecule has 7 nitrogen and oxygen atoms in total. The SMILES string of the molecule is CCOc1ccc([C@H]2C(C(=O)OC3CCCCC3)=C(C)Nc3ncnn32)cc1. The highest BCUT2D eigenvalue weighted by atomic mass is 16.5. The average Bonchev–Trinajstić information content (AvgIpc) is 3.16. The van der Waals surface area contributed by atoms with Gasteiger partial charge in [-0.1, -0.05) is 18.6 Å². The van der Waals surface area contributed by atoms with Crippen molar-refractivity contribution < 1.29 is 14.3 Å². The molecule has 0 amide bonds. The van der Waals surface area contributed by atoms with Crippen LogP contribution in [0.4, 0.5) is 5.95 Å². The number of ether oxygens (including phenoxy) is 2. The minimum atomic E-state index is -0.384. The molecule has 1 aromatic carbocycles. The number of nitrogens with one attached hydrogen (secondary N) is 1. The predicted octanol–water partition coefficient (Wildman–Crippen LogP) is 3.84. The van der Waals surface area contributed by atoms with Crippen molar-refractivity contribution in [2.24, 2.45) is 0 Å². The maximum atomic E-state index is 13.2. The van der Waals surface area contributed by atoms with Crippen LogP contribution in [0.3, 0.4) is 0 Å². The lowest BCUT2D eigenvalue weighted by Crippen LogP contribution is -2.32. The molecular weight excluding hydrogens is 356 g/mol. The van der Waals surface area contributed by atoms with Crippen molar-refractivity contribution in [3.63, 3.8) is 0 Å². The van der Waals surface area contributed by atoms with Gasteiger partial charge in [0.2, 0.25) is 5.95 Å². The van der Waals surface area contributed by atoms with Gasteiger partial charge in [0.25, 0.3) is 0 Å². The van der Waals surface area contributed by atoms with E-state index in [-0.39, 0.29) is 18.1 Å². The maximum absolute atomic E-state index is 13.2. The van der Waals surface area contributed by atoms with Gasteiger partial charge in [0, 0.05) is 5.70 Å². The molecule has 28 heavy (non-hydrogen) atoms. The zero-order valence-electron chi connectivity index (χ0n) is 16.4. The van der Waals surface area contributed by atoms with Gasteiger partial charge >= 0.3 is 5.97 Å². The average molecular weight is 382 g/mol. The number of hydrogen-bond donors (Lipinski definition) is 1. The summed E-state index contributed by atoms with van der Waals surface area (Å²) in [6.07, 6.45) is 6.82. The number of anilines is 1. The van der Waals surface area contributed by atoms with Crippen LogP contribution < -0.4 is 10.1 Å². The van der Waals surface area contributed by atoms with E-state index in [4.69, 9.17) is 9.47 Å². The number of nitrogens with zero attached hydrogens (tertiary/aromatic N) is 3. The molecule has 2 aromatic rings. The lowest BCUT2D eigenvalue weighted by molar-refractivity contribution is -0.146. The van der Waals surface area contributed by atoms with Crippen molar-refractivity contribution in [1.29, 1.82) is 0 Å². The van der Waals surface area contributed by atoms with Gasteiger partial charge in [0.05, 0.1) is 12.2 Å². The highest BCUT2D eigenvalue weighted by Gasteiger charge is 2.35. The van der Waals surface area contributed by atoms with Gasteiger partial charge in [-0.05, 0) is 57.2 Å². The van der Waals surface area contributed by atoms with E-state index in [1.54, 1.807) is 4.68 Å². The van der Waals surface area contributed by atoms with Crippen LogP contribution in [0, 0.1) is 0 Å². The Bertz CT molecular complexity index is 866. The van der Waals surface area contributed by atoms with E-state index in [0.29, 0.717) is 18.1 Å². The lowest BCUT2D eigenvalue weighted by atomic mass is 9.95. The Balaban J connectivity index is 1.66. The summed E-state index contributed by atoms with van der Waals surface area (Å²) >= 11 is 0. The van der Waals surface area contributed by atoms with Crippen LogP contribution in [0.15, 0.2) is 41.9 Å². The molecule has 0 unspecified atom stereocenters. The molecular formula is C21H26N4O3. The zero-order valence-corrected chi connectivity index (χ0v) is 16.4. The molecule has 1 aliphatic carbocycles. The molecule has 0 radical (unpaired) electrons. The van der Waals surface area contributed by atoms with Crippen molar-refractivity contribution in [2.45, 2.75) is 58.1 Å². The number of carbonyl (C=O) groups excluding carboxylic acids is 1. The Hall–Kier alpha value is -2.83. The van der Waals surface area contributed by atoms with E-state index in [2.05, 4.69) is 15.4 Å². The summed E-state index contributed by atoms with van der Waals surface area (Å²) < 4.78 is 13.2. The topological polar surface area (TPSA) is 78.3 Å². The molecule has 4 rings (SSSR count). The van der Waals surface area contributed by atoms with Gasteiger partial charge in [-0.15, -0.1) is 0 Å². The van der Waals surface area contributed by atoms with Crippen LogP contribution in [-0.4, -0.2) is 33.4 Å². The van der Waals surface area contributed by atoms with Crippen LogP contribution in [0.1, 0.15) is 57.6 Å². The van der Waals surface area contributed by atoms with Crippen molar-refractivity contribution in [3.05, 3.63) is 47.4 Å². The van der Waals surface area contributed by atoms with Crippen LogP contribution in [0.2, 0.25) is 0 Å². The van der Waals surface area contributed by atoms with E-state index in [0.717, 1.165) is 42.7 Å². The molecule has 1 N–H and O–H groups in total. The fourth-order valence-electron chi connectivity index (χ4n) is 3.97. The van der Waals surface area contributed by atoms with Crippen molar-refractivity contribution in [1.82, 2.24) is 14.8 Å². The van der Waals surface area contributed by atoms with Crippen molar-refractivity contribution >= 4 is 11.9 Å². The molecule has 0 bridgehead atoms. The molecule has 1 aliphatic heterocycles. The van der Waals surface area contributed by atoms with Gasteiger partial charge < -0.3 is 14.8 Å². The summed E-state index contributed by atoms with van der Waals surface area (Å²) in [6, 6.07) is 7.38. The fraction of sp³-hybridized carbons (Fsp3) is 0.476. The summed E-state index contributed by atoms with van der Waals surface area (Å²) in [6.45, 7) is 4.45.